The van der Waals surface area contributed by atoms with Gasteiger partial charge in [0, 0.05) is 48.3 Å². The lowest BCUT2D eigenvalue weighted by atomic mass is 9.77. The van der Waals surface area contributed by atoms with E-state index in [1.54, 1.807) is 0 Å². The maximum absolute atomic E-state index is 13.3. The number of amides is 2. The monoisotopic (exact) mass is 514 g/mol. The Morgan fingerprint density at radius 2 is 1.87 bits per heavy atom. The Morgan fingerprint density at radius 1 is 1.08 bits per heavy atom. The van der Waals surface area contributed by atoms with E-state index in [2.05, 4.69) is 41.2 Å². The number of carbonyl (C=O) groups excluding carboxylic acids is 2. The van der Waals surface area contributed by atoms with Gasteiger partial charge in [-0.25, -0.2) is 0 Å². The number of nitrogens with zero attached hydrogens (tertiary/aromatic N) is 3. The number of rotatable bonds is 5. The van der Waals surface area contributed by atoms with Crippen molar-refractivity contribution < 1.29 is 14.7 Å². The van der Waals surface area contributed by atoms with Crippen LogP contribution in [0.2, 0.25) is 0 Å². The van der Waals surface area contributed by atoms with E-state index < -0.39 is 5.60 Å². The minimum atomic E-state index is -0.957. The van der Waals surface area contributed by atoms with Crippen LogP contribution in [0.25, 0.3) is 10.9 Å². The predicted octanol–water partition coefficient (Wildman–Crippen LogP) is 3.85. The summed E-state index contributed by atoms with van der Waals surface area (Å²) in [5.74, 6) is 0.867. The SMILES string of the molecule is CC1CCC2C(=O)N(CC3(O)CCN(C(=O)c4ccc5c(ccn5Cc5ccccc5)c4)CC3)CNC2C1. The fourth-order valence-corrected chi connectivity index (χ4v) is 6.65. The summed E-state index contributed by atoms with van der Waals surface area (Å²) in [6.07, 6.45) is 6.09. The van der Waals surface area contributed by atoms with Gasteiger partial charge in [0.05, 0.1) is 24.7 Å². The third-order valence-corrected chi connectivity index (χ3v) is 8.97. The molecule has 1 saturated carbocycles. The fraction of sp³-hybridized carbons (Fsp3) is 0.484. The molecule has 3 aliphatic rings. The summed E-state index contributed by atoms with van der Waals surface area (Å²) < 4.78 is 2.20. The van der Waals surface area contributed by atoms with Gasteiger partial charge in [0.25, 0.3) is 5.91 Å². The van der Waals surface area contributed by atoms with Crippen molar-refractivity contribution in [2.75, 3.05) is 26.3 Å². The summed E-state index contributed by atoms with van der Waals surface area (Å²) in [6, 6.07) is 18.6. The van der Waals surface area contributed by atoms with Crippen LogP contribution in [0.1, 0.15) is 54.9 Å². The van der Waals surface area contributed by atoms with Crippen LogP contribution in [0.4, 0.5) is 0 Å². The average Bonchev–Trinajstić information content (AvgIpc) is 3.32. The Bertz CT molecular complexity index is 1310. The van der Waals surface area contributed by atoms with Crippen LogP contribution in [-0.4, -0.2) is 69.2 Å². The van der Waals surface area contributed by atoms with Crippen molar-refractivity contribution in [3.8, 4) is 0 Å². The smallest absolute Gasteiger partial charge is 0.253 e. The number of fused-ring (bicyclic) bond motifs is 2. The summed E-state index contributed by atoms with van der Waals surface area (Å²) in [5.41, 5.74) is 2.06. The molecule has 3 heterocycles. The first-order chi connectivity index (χ1) is 18.4. The number of nitrogens with one attached hydrogen (secondary N) is 1. The summed E-state index contributed by atoms with van der Waals surface area (Å²) in [6.45, 7) is 4.86. The molecule has 200 valence electrons. The molecule has 2 saturated heterocycles. The van der Waals surface area contributed by atoms with Crippen LogP contribution >= 0.6 is 0 Å². The van der Waals surface area contributed by atoms with E-state index in [0.29, 0.717) is 50.6 Å². The second-order valence-electron chi connectivity index (χ2n) is 11.7. The van der Waals surface area contributed by atoms with Crippen LogP contribution in [0, 0.1) is 11.8 Å². The molecule has 6 rings (SSSR count). The molecule has 3 fully saturated rings. The zero-order chi connectivity index (χ0) is 26.3. The number of likely N-dealkylation sites (tertiary alicyclic amines) is 1. The zero-order valence-corrected chi connectivity index (χ0v) is 22.2. The number of piperidine rings is 1. The van der Waals surface area contributed by atoms with Gasteiger partial charge in [-0.2, -0.15) is 0 Å². The van der Waals surface area contributed by atoms with E-state index >= 15 is 0 Å². The van der Waals surface area contributed by atoms with Gasteiger partial charge >= 0.3 is 0 Å². The molecule has 3 unspecified atom stereocenters. The second-order valence-corrected chi connectivity index (χ2v) is 11.7. The highest BCUT2D eigenvalue weighted by Gasteiger charge is 2.43. The Hall–Kier alpha value is -3.16. The van der Waals surface area contributed by atoms with Crippen LogP contribution in [0.3, 0.4) is 0 Å². The molecule has 3 aromatic rings. The van der Waals surface area contributed by atoms with Crippen molar-refractivity contribution in [1.82, 2.24) is 19.7 Å². The lowest BCUT2D eigenvalue weighted by Gasteiger charge is -2.46. The fourth-order valence-electron chi connectivity index (χ4n) is 6.65. The largest absolute Gasteiger partial charge is 0.388 e. The molecule has 2 aromatic carbocycles. The normalized spacial score (nSPS) is 25.4. The van der Waals surface area contributed by atoms with Gasteiger partial charge in [0.1, 0.15) is 0 Å². The summed E-state index contributed by atoms with van der Waals surface area (Å²) in [7, 11) is 0. The summed E-state index contributed by atoms with van der Waals surface area (Å²) in [5, 5.41) is 15.9. The van der Waals surface area contributed by atoms with Crippen molar-refractivity contribution in [2.45, 2.75) is 57.2 Å². The molecule has 2 amide bonds. The zero-order valence-electron chi connectivity index (χ0n) is 22.2. The van der Waals surface area contributed by atoms with Crippen molar-refractivity contribution >= 4 is 22.7 Å². The number of hydrogen-bond acceptors (Lipinski definition) is 4. The Kier molecular flexibility index (Phi) is 6.74. The van der Waals surface area contributed by atoms with Gasteiger partial charge in [-0.3, -0.25) is 14.9 Å². The van der Waals surface area contributed by atoms with Crippen LogP contribution < -0.4 is 5.32 Å². The van der Waals surface area contributed by atoms with E-state index in [1.807, 2.05) is 46.2 Å². The molecule has 38 heavy (non-hydrogen) atoms. The number of carbonyl (C=O) groups is 2. The highest BCUT2D eigenvalue weighted by Crippen LogP contribution is 2.34. The van der Waals surface area contributed by atoms with Crippen LogP contribution in [0.15, 0.2) is 60.8 Å². The van der Waals surface area contributed by atoms with E-state index in [1.165, 1.54) is 5.56 Å². The molecule has 0 spiro atoms. The van der Waals surface area contributed by atoms with E-state index in [-0.39, 0.29) is 23.8 Å². The van der Waals surface area contributed by atoms with E-state index in [0.717, 1.165) is 36.7 Å². The Morgan fingerprint density at radius 3 is 2.66 bits per heavy atom. The van der Waals surface area contributed by atoms with Gasteiger partial charge < -0.3 is 19.5 Å². The summed E-state index contributed by atoms with van der Waals surface area (Å²) in [4.78, 5) is 30.1. The van der Waals surface area contributed by atoms with E-state index in [9.17, 15) is 14.7 Å². The number of aliphatic hydroxyl groups is 1. The van der Waals surface area contributed by atoms with Gasteiger partial charge in [0.2, 0.25) is 5.91 Å². The minimum Gasteiger partial charge on any atom is -0.388 e. The third-order valence-electron chi connectivity index (χ3n) is 8.97. The number of hydrogen-bond donors (Lipinski definition) is 2. The van der Waals surface area contributed by atoms with Crippen molar-refractivity contribution in [3.05, 3.63) is 71.9 Å². The van der Waals surface area contributed by atoms with Crippen LogP contribution in [0.5, 0.6) is 0 Å². The second kappa shape index (κ2) is 10.2. The first-order valence-electron chi connectivity index (χ1n) is 14.1. The molecule has 1 aromatic heterocycles. The van der Waals surface area contributed by atoms with Crippen molar-refractivity contribution in [2.24, 2.45) is 11.8 Å². The lowest BCUT2D eigenvalue weighted by Crippen LogP contribution is -2.62. The molecule has 0 bridgehead atoms. The quantitative estimate of drug-likeness (QED) is 0.542. The topological polar surface area (TPSA) is 77.8 Å². The van der Waals surface area contributed by atoms with Crippen molar-refractivity contribution in [3.63, 3.8) is 0 Å². The molecule has 0 radical (unpaired) electrons. The first-order valence-corrected chi connectivity index (χ1v) is 14.1. The molecule has 3 atom stereocenters. The number of β-amino-alcohol motifs (C(OH)–C–C–N with tert-alkyl or cyclic N) is 1. The van der Waals surface area contributed by atoms with Gasteiger partial charge in [0.15, 0.2) is 0 Å². The highest BCUT2D eigenvalue weighted by atomic mass is 16.3. The maximum atomic E-state index is 13.3. The first kappa shape index (κ1) is 25.1. The summed E-state index contributed by atoms with van der Waals surface area (Å²) >= 11 is 0. The van der Waals surface area contributed by atoms with Gasteiger partial charge in [-0.1, -0.05) is 37.3 Å². The van der Waals surface area contributed by atoms with Crippen molar-refractivity contribution in [1.29, 1.82) is 0 Å². The van der Waals surface area contributed by atoms with Gasteiger partial charge in [-0.05, 0) is 67.9 Å². The molecular weight excluding hydrogens is 476 g/mol. The molecule has 7 heteroatoms. The third kappa shape index (κ3) is 4.97. The number of aromatic nitrogens is 1. The van der Waals surface area contributed by atoms with Crippen LogP contribution in [-0.2, 0) is 11.3 Å². The molecule has 2 N–H and O–H groups in total. The molecule has 2 aliphatic heterocycles. The standard InChI is InChI=1S/C31H38N4O3/c1-22-7-9-26-27(17-22)32-21-35(30(26)37)20-31(38)12-15-33(16-13-31)29(36)25-8-10-28-24(18-25)11-14-34(28)19-23-5-3-2-4-6-23/h2-6,8,10-11,14,18,22,26-27,32,38H,7,9,12-13,15-17,19-21H2,1H3. The molecular formula is C31H38N4O3. The highest BCUT2D eigenvalue weighted by molar-refractivity contribution is 5.98. The Balaban J connectivity index is 1.07. The number of benzene rings is 2. The predicted molar refractivity (Wildman–Crippen MR) is 148 cm³/mol. The maximum Gasteiger partial charge on any atom is 0.253 e. The Labute approximate surface area is 224 Å². The molecule has 7 nitrogen and oxygen atoms in total. The van der Waals surface area contributed by atoms with E-state index in [4.69, 9.17) is 0 Å². The minimum absolute atomic E-state index is 0.000331. The van der Waals surface area contributed by atoms with Gasteiger partial charge in [-0.15, -0.1) is 0 Å². The lowest BCUT2D eigenvalue weighted by molar-refractivity contribution is -0.148. The molecule has 1 aliphatic carbocycles. The average molecular weight is 515 g/mol.